The molecule has 0 aromatic rings. The molecule has 4 nitrogen and oxygen atoms in total. The minimum Gasteiger partial charge on any atom is -0.382 e. The zero-order chi connectivity index (χ0) is 12.3. The van der Waals surface area contributed by atoms with Crippen molar-refractivity contribution in [3.05, 3.63) is 0 Å². The van der Waals surface area contributed by atoms with Crippen molar-refractivity contribution in [1.29, 1.82) is 0 Å². The molecule has 17 heavy (non-hydrogen) atoms. The maximum atomic E-state index is 5.50. The average molecular weight is 245 g/mol. The summed E-state index contributed by atoms with van der Waals surface area (Å²) in [6.07, 6.45) is 6.51. The lowest BCUT2D eigenvalue weighted by Gasteiger charge is -2.31. The van der Waals surface area contributed by atoms with E-state index < -0.39 is 0 Å². The predicted molar refractivity (Wildman–Crippen MR) is 68.4 cm³/mol. The van der Waals surface area contributed by atoms with Crippen molar-refractivity contribution >= 4 is 0 Å². The third kappa shape index (κ3) is 6.36. The summed E-state index contributed by atoms with van der Waals surface area (Å²) in [6, 6.07) is 0.535. The molecule has 2 atom stereocenters. The van der Waals surface area contributed by atoms with Crippen molar-refractivity contribution in [1.82, 2.24) is 5.32 Å². The number of rotatable bonds is 9. The Balaban J connectivity index is 1.97. The minimum atomic E-state index is 0.401. The van der Waals surface area contributed by atoms with E-state index >= 15 is 0 Å². The van der Waals surface area contributed by atoms with E-state index in [1.54, 1.807) is 7.11 Å². The van der Waals surface area contributed by atoms with Crippen molar-refractivity contribution < 1.29 is 14.2 Å². The van der Waals surface area contributed by atoms with E-state index in [1.165, 1.54) is 25.7 Å². The molecule has 1 saturated carbocycles. The second-order valence-electron chi connectivity index (χ2n) is 4.58. The van der Waals surface area contributed by atoms with Gasteiger partial charge in [0.25, 0.3) is 0 Å². The van der Waals surface area contributed by atoms with E-state index in [4.69, 9.17) is 14.2 Å². The summed E-state index contributed by atoms with van der Waals surface area (Å²) in [6.45, 7) is 3.20. The molecule has 1 aliphatic carbocycles. The lowest BCUT2D eigenvalue weighted by atomic mass is 9.92. The molecule has 102 valence electrons. The zero-order valence-corrected chi connectivity index (χ0v) is 11.2. The molecule has 0 aliphatic heterocycles. The number of hydrogen-bond acceptors (Lipinski definition) is 4. The van der Waals surface area contributed by atoms with Gasteiger partial charge in [-0.25, -0.2) is 0 Å². The molecule has 0 amide bonds. The SMILES string of the molecule is COCCOCCCNC1CCCCC1OC. The Morgan fingerprint density at radius 3 is 2.65 bits per heavy atom. The van der Waals surface area contributed by atoms with Crippen LogP contribution in [0.2, 0.25) is 0 Å². The van der Waals surface area contributed by atoms with Crippen LogP contribution in [-0.4, -0.2) is 52.7 Å². The molecule has 0 aromatic heterocycles. The van der Waals surface area contributed by atoms with Crippen LogP contribution in [0.5, 0.6) is 0 Å². The fourth-order valence-electron chi connectivity index (χ4n) is 2.32. The summed E-state index contributed by atoms with van der Waals surface area (Å²) in [7, 11) is 3.51. The van der Waals surface area contributed by atoms with Crippen molar-refractivity contribution in [3.63, 3.8) is 0 Å². The Morgan fingerprint density at radius 1 is 1.06 bits per heavy atom. The minimum absolute atomic E-state index is 0.401. The van der Waals surface area contributed by atoms with Crippen LogP contribution in [0.25, 0.3) is 0 Å². The first kappa shape index (κ1) is 14.9. The Kier molecular flexibility index (Phi) is 8.61. The van der Waals surface area contributed by atoms with Crippen molar-refractivity contribution in [2.45, 2.75) is 44.2 Å². The molecule has 0 radical (unpaired) electrons. The maximum absolute atomic E-state index is 5.50. The average Bonchev–Trinajstić information content (AvgIpc) is 2.38. The molecule has 1 rings (SSSR count). The molecule has 0 aromatic carbocycles. The summed E-state index contributed by atoms with van der Waals surface area (Å²) in [5.41, 5.74) is 0. The van der Waals surface area contributed by atoms with Crippen LogP contribution in [-0.2, 0) is 14.2 Å². The fraction of sp³-hybridized carbons (Fsp3) is 1.00. The van der Waals surface area contributed by atoms with Crippen LogP contribution < -0.4 is 5.32 Å². The molecule has 1 N–H and O–H groups in total. The first-order chi connectivity index (χ1) is 8.38. The van der Waals surface area contributed by atoms with Gasteiger partial charge >= 0.3 is 0 Å². The van der Waals surface area contributed by atoms with Gasteiger partial charge in [-0.1, -0.05) is 12.8 Å². The standard InChI is InChI=1S/C13H27NO3/c1-15-10-11-17-9-5-8-14-12-6-3-4-7-13(12)16-2/h12-14H,3-11H2,1-2H3. The molecule has 4 heteroatoms. The van der Waals surface area contributed by atoms with Gasteiger partial charge in [0.15, 0.2) is 0 Å². The van der Waals surface area contributed by atoms with E-state index in [-0.39, 0.29) is 0 Å². The predicted octanol–water partition coefficient (Wildman–Crippen LogP) is 1.59. The lowest BCUT2D eigenvalue weighted by Crippen LogP contribution is -2.43. The van der Waals surface area contributed by atoms with Gasteiger partial charge in [0, 0.05) is 26.9 Å². The van der Waals surface area contributed by atoms with Crippen molar-refractivity contribution in [2.75, 3.05) is 40.6 Å². The third-order valence-corrected chi connectivity index (χ3v) is 3.31. The van der Waals surface area contributed by atoms with Crippen LogP contribution in [0.15, 0.2) is 0 Å². The molecular formula is C13H27NO3. The normalized spacial score (nSPS) is 25.1. The molecule has 1 fully saturated rings. The van der Waals surface area contributed by atoms with Gasteiger partial charge in [0.2, 0.25) is 0 Å². The van der Waals surface area contributed by atoms with E-state index in [2.05, 4.69) is 5.32 Å². The van der Waals surface area contributed by atoms with Crippen LogP contribution in [0, 0.1) is 0 Å². The smallest absolute Gasteiger partial charge is 0.0724 e. The number of methoxy groups -OCH3 is 2. The van der Waals surface area contributed by atoms with E-state index in [0.29, 0.717) is 25.4 Å². The van der Waals surface area contributed by atoms with Gasteiger partial charge in [-0.15, -0.1) is 0 Å². The Hall–Kier alpha value is -0.160. The van der Waals surface area contributed by atoms with E-state index in [1.807, 2.05) is 7.11 Å². The summed E-state index contributed by atoms with van der Waals surface area (Å²) in [5, 5.41) is 3.58. The summed E-state index contributed by atoms with van der Waals surface area (Å²) >= 11 is 0. The van der Waals surface area contributed by atoms with Gasteiger partial charge in [0.1, 0.15) is 0 Å². The summed E-state index contributed by atoms with van der Waals surface area (Å²) in [5.74, 6) is 0. The Morgan fingerprint density at radius 2 is 1.88 bits per heavy atom. The molecule has 0 spiro atoms. The van der Waals surface area contributed by atoms with Gasteiger partial charge in [-0.2, -0.15) is 0 Å². The van der Waals surface area contributed by atoms with Crippen molar-refractivity contribution in [3.8, 4) is 0 Å². The monoisotopic (exact) mass is 245 g/mol. The highest BCUT2D eigenvalue weighted by atomic mass is 16.5. The van der Waals surface area contributed by atoms with Gasteiger partial charge in [-0.05, 0) is 25.8 Å². The number of nitrogens with one attached hydrogen (secondary N) is 1. The Bertz CT molecular complexity index is 178. The largest absolute Gasteiger partial charge is 0.382 e. The Labute approximate surface area is 105 Å². The highest BCUT2D eigenvalue weighted by molar-refractivity contribution is 4.81. The van der Waals surface area contributed by atoms with E-state index in [9.17, 15) is 0 Å². The van der Waals surface area contributed by atoms with Crippen LogP contribution in [0.1, 0.15) is 32.1 Å². The van der Waals surface area contributed by atoms with Gasteiger partial charge < -0.3 is 19.5 Å². The molecule has 2 unspecified atom stereocenters. The number of hydrogen-bond donors (Lipinski definition) is 1. The topological polar surface area (TPSA) is 39.7 Å². The lowest BCUT2D eigenvalue weighted by molar-refractivity contribution is 0.0393. The second-order valence-corrected chi connectivity index (χ2v) is 4.58. The van der Waals surface area contributed by atoms with Crippen LogP contribution in [0.3, 0.4) is 0 Å². The van der Waals surface area contributed by atoms with Gasteiger partial charge in [-0.3, -0.25) is 0 Å². The zero-order valence-electron chi connectivity index (χ0n) is 11.2. The summed E-state index contributed by atoms with van der Waals surface area (Å²) in [4.78, 5) is 0. The number of ether oxygens (including phenoxy) is 3. The van der Waals surface area contributed by atoms with Gasteiger partial charge in [0.05, 0.1) is 19.3 Å². The molecule has 1 aliphatic rings. The van der Waals surface area contributed by atoms with E-state index in [0.717, 1.165) is 19.6 Å². The maximum Gasteiger partial charge on any atom is 0.0724 e. The summed E-state index contributed by atoms with van der Waals surface area (Å²) < 4.78 is 15.8. The van der Waals surface area contributed by atoms with Crippen LogP contribution in [0.4, 0.5) is 0 Å². The third-order valence-electron chi connectivity index (χ3n) is 3.31. The molecule has 0 heterocycles. The highest BCUT2D eigenvalue weighted by Gasteiger charge is 2.23. The second kappa shape index (κ2) is 9.83. The first-order valence-electron chi connectivity index (χ1n) is 6.71. The molecular weight excluding hydrogens is 218 g/mol. The van der Waals surface area contributed by atoms with Crippen molar-refractivity contribution in [2.24, 2.45) is 0 Å². The first-order valence-corrected chi connectivity index (χ1v) is 6.71. The van der Waals surface area contributed by atoms with Crippen LogP contribution >= 0.6 is 0 Å². The molecule has 0 saturated heterocycles. The highest BCUT2D eigenvalue weighted by Crippen LogP contribution is 2.20. The quantitative estimate of drug-likeness (QED) is 0.626. The molecule has 0 bridgehead atoms. The fourth-order valence-corrected chi connectivity index (χ4v) is 2.32.